The van der Waals surface area contributed by atoms with Gasteiger partial charge in [-0.1, -0.05) is 24.3 Å². The lowest BCUT2D eigenvalue weighted by molar-refractivity contribution is -0.116. The van der Waals surface area contributed by atoms with Crippen molar-refractivity contribution >= 4 is 12.0 Å². The van der Waals surface area contributed by atoms with E-state index in [9.17, 15) is 9.18 Å². The van der Waals surface area contributed by atoms with E-state index in [0.717, 1.165) is 16.7 Å². The van der Waals surface area contributed by atoms with Crippen LogP contribution >= 0.6 is 0 Å². The number of hydrogen-bond acceptors (Lipinski definition) is 4. The summed E-state index contributed by atoms with van der Waals surface area (Å²) in [5, 5.41) is 2.98. The van der Waals surface area contributed by atoms with Crippen LogP contribution in [0.3, 0.4) is 0 Å². The number of carbonyl (C=O) groups is 1. The van der Waals surface area contributed by atoms with Gasteiger partial charge in [0, 0.05) is 17.7 Å². The Kier molecular flexibility index (Phi) is 7.27. The van der Waals surface area contributed by atoms with Gasteiger partial charge in [0.15, 0.2) is 0 Å². The molecule has 0 aromatic heterocycles. The van der Waals surface area contributed by atoms with Crippen molar-refractivity contribution < 1.29 is 23.4 Å². The predicted octanol–water partition coefficient (Wildman–Crippen LogP) is 4.77. The molecule has 3 aromatic rings. The van der Waals surface area contributed by atoms with Crippen LogP contribution in [-0.4, -0.2) is 27.2 Å². The Morgan fingerprint density at radius 1 is 0.839 bits per heavy atom. The normalized spacial score (nSPS) is 11.7. The van der Waals surface area contributed by atoms with Crippen LogP contribution in [0.2, 0.25) is 0 Å². The first-order chi connectivity index (χ1) is 15.0. The molecule has 1 unspecified atom stereocenters. The van der Waals surface area contributed by atoms with Crippen LogP contribution < -0.4 is 19.5 Å². The SMILES string of the molecule is COc1ccc(C(NC(=O)/C=C/c2ccc(OC)cc2OC)c2ccc(F)cc2)cc1. The van der Waals surface area contributed by atoms with Gasteiger partial charge in [-0.2, -0.15) is 0 Å². The van der Waals surface area contributed by atoms with Crippen LogP contribution in [0.25, 0.3) is 6.08 Å². The number of amides is 1. The largest absolute Gasteiger partial charge is 0.497 e. The molecule has 0 saturated heterocycles. The lowest BCUT2D eigenvalue weighted by Gasteiger charge is -2.19. The highest BCUT2D eigenvalue weighted by molar-refractivity contribution is 5.92. The van der Waals surface area contributed by atoms with Crippen LogP contribution in [-0.2, 0) is 4.79 Å². The maximum atomic E-state index is 13.4. The standard InChI is InChI=1S/C25H24FNO4/c1-29-21-12-7-19(8-13-21)25(18-4-10-20(26)11-5-18)27-24(28)15-9-17-6-14-22(30-2)16-23(17)31-3/h4-16,25H,1-3H3,(H,27,28)/b15-9+. The van der Waals surface area contributed by atoms with Gasteiger partial charge in [0.2, 0.25) is 5.91 Å². The van der Waals surface area contributed by atoms with E-state index in [1.165, 1.54) is 18.2 Å². The quantitative estimate of drug-likeness (QED) is 0.533. The molecule has 0 fully saturated rings. The fraction of sp³-hybridized carbons (Fsp3) is 0.160. The van der Waals surface area contributed by atoms with Crippen molar-refractivity contribution in [2.75, 3.05) is 21.3 Å². The fourth-order valence-electron chi connectivity index (χ4n) is 3.12. The summed E-state index contributed by atoms with van der Waals surface area (Å²) in [6.07, 6.45) is 3.10. The summed E-state index contributed by atoms with van der Waals surface area (Å²) in [5.41, 5.74) is 2.34. The van der Waals surface area contributed by atoms with Crippen LogP contribution in [0.1, 0.15) is 22.7 Å². The summed E-state index contributed by atoms with van der Waals surface area (Å²) >= 11 is 0. The Morgan fingerprint density at radius 3 is 2.00 bits per heavy atom. The second-order valence-corrected chi connectivity index (χ2v) is 6.71. The summed E-state index contributed by atoms with van der Waals surface area (Å²) in [6.45, 7) is 0. The topological polar surface area (TPSA) is 56.8 Å². The Hall–Kier alpha value is -3.80. The smallest absolute Gasteiger partial charge is 0.244 e. The molecule has 0 spiro atoms. The summed E-state index contributed by atoms with van der Waals surface area (Å²) in [6, 6.07) is 18.3. The third-order valence-electron chi connectivity index (χ3n) is 4.79. The third kappa shape index (κ3) is 5.63. The molecule has 31 heavy (non-hydrogen) atoms. The Labute approximate surface area is 181 Å². The zero-order valence-electron chi connectivity index (χ0n) is 17.6. The molecule has 0 bridgehead atoms. The zero-order valence-corrected chi connectivity index (χ0v) is 17.6. The fourth-order valence-corrected chi connectivity index (χ4v) is 3.12. The highest BCUT2D eigenvalue weighted by atomic mass is 19.1. The summed E-state index contributed by atoms with van der Waals surface area (Å²) in [7, 11) is 4.72. The van der Waals surface area contributed by atoms with Gasteiger partial charge >= 0.3 is 0 Å². The van der Waals surface area contributed by atoms with Crippen molar-refractivity contribution in [1.29, 1.82) is 0 Å². The van der Waals surface area contributed by atoms with Gasteiger partial charge in [-0.25, -0.2) is 4.39 Å². The van der Waals surface area contributed by atoms with Gasteiger partial charge in [-0.3, -0.25) is 4.79 Å². The van der Waals surface area contributed by atoms with Crippen LogP contribution in [0.15, 0.2) is 72.8 Å². The van der Waals surface area contributed by atoms with E-state index in [-0.39, 0.29) is 11.7 Å². The van der Waals surface area contributed by atoms with Gasteiger partial charge in [0.25, 0.3) is 0 Å². The number of nitrogens with one attached hydrogen (secondary N) is 1. The predicted molar refractivity (Wildman–Crippen MR) is 118 cm³/mol. The van der Waals surface area contributed by atoms with Crippen molar-refractivity contribution in [2.45, 2.75) is 6.04 Å². The van der Waals surface area contributed by atoms with E-state index in [1.807, 2.05) is 30.3 Å². The number of rotatable bonds is 8. The molecule has 3 aromatic carbocycles. The maximum absolute atomic E-state index is 13.4. The average Bonchev–Trinajstić information content (AvgIpc) is 2.81. The number of ether oxygens (including phenoxy) is 3. The molecule has 3 rings (SSSR count). The molecule has 0 aliphatic rings. The molecule has 0 aliphatic heterocycles. The average molecular weight is 421 g/mol. The minimum Gasteiger partial charge on any atom is -0.497 e. The lowest BCUT2D eigenvalue weighted by Crippen LogP contribution is -2.27. The molecule has 0 radical (unpaired) electrons. The van der Waals surface area contributed by atoms with E-state index >= 15 is 0 Å². The molecular weight excluding hydrogens is 397 g/mol. The highest BCUT2D eigenvalue weighted by Gasteiger charge is 2.16. The minimum absolute atomic E-state index is 0.303. The van der Waals surface area contributed by atoms with Gasteiger partial charge in [-0.15, -0.1) is 0 Å². The number of methoxy groups -OCH3 is 3. The van der Waals surface area contributed by atoms with Gasteiger partial charge in [-0.05, 0) is 53.6 Å². The van der Waals surface area contributed by atoms with E-state index < -0.39 is 6.04 Å². The van der Waals surface area contributed by atoms with Crippen LogP contribution in [0, 0.1) is 5.82 Å². The first-order valence-corrected chi connectivity index (χ1v) is 9.64. The number of hydrogen-bond donors (Lipinski definition) is 1. The molecule has 0 aliphatic carbocycles. The molecule has 5 nitrogen and oxygen atoms in total. The second-order valence-electron chi connectivity index (χ2n) is 6.71. The Bertz CT molecular complexity index is 1050. The zero-order chi connectivity index (χ0) is 22.2. The van der Waals surface area contributed by atoms with Gasteiger partial charge in [0.05, 0.1) is 27.4 Å². The number of halogens is 1. The van der Waals surface area contributed by atoms with Crippen molar-refractivity contribution in [3.63, 3.8) is 0 Å². The summed E-state index contributed by atoms with van der Waals surface area (Å²) < 4.78 is 29.2. The first kappa shape index (κ1) is 21.9. The van der Waals surface area contributed by atoms with Crippen molar-refractivity contribution in [1.82, 2.24) is 5.32 Å². The van der Waals surface area contributed by atoms with Crippen LogP contribution in [0.4, 0.5) is 4.39 Å². The van der Waals surface area contributed by atoms with Crippen molar-refractivity contribution in [3.05, 3.63) is 95.3 Å². The second kappa shape index (κ2) is 10.3. The van der Waals surface area contributed by atoms with E-state index in [4.69, 9.17) is 14.2 Å². The highest BCUT2D eigenvalue weighted by Crippen LogP contribution is 2.27. The molecule has 1 N–H and O–H groups in total. The minimum atomic E-state index is -0.457. The first-order valence-electron chi connectivity index (χ1n) is 9.64. The van der Waals surface area contributed by atoms with E-state index in [1.54, 1.807) is 51.7 Å². The van der Waals surface area contributed by atoms with E-state index in [2.05, 4.69) is 5.32 Å². The molecule has 6 heteroatoms. The maximum Gasteiger partial charge on any atom is 0.244 e. The van der Waals surface area contributed by atoms with Gasteiger partial charge < -0.3 is 19.5 Å². The van der Waals surface area contributed by atoms with Crippen LogP contribution in [0.5, 0.6) is 17.2 Å². The Balaban J connectivity index is 1.84. The summed E-state index contributed by atoms with van der Waals surface area (Å²) in [4.78, 5) is 12.7. The van der Waals surface area contributed by atoms with E-state index in [0.29, 0.717) is 17.2 Å². The van der Waals surface area contributed by atoms with Gasteiger partial charge in [0.1, 0.15) is 23.1 Å². The third-order valence-corrected chi connectivity index (χ3v) is 4.79. The molecule has 1 amide bonds. The molecule has 1 atom stereocenters. The summed E-state index contributed by atoms with van der Waals surface area (Å²) in [5.74, 6) is 1.32. The van der Waals surface area contributed by atoms with Crippen molar-refractivity contribution in [2.24, 2.45) is 0 Å². The molecule has 0 saturated carbocycles. The monoisotopic (exact) mass is 421 g/mol. The molecular formula is C25H24FNO4. The van der Waals surface area contributed by atoms with Crippen molar-refractivity contribution in [3.8, 4) is 17.2 Å². The number of benzene rings is 3. The Morgan fingerprint density at radius 2 is 1.42 bits per heavy atom. The molecule has 0 heterocycles. The molecule has 160 valence electrons. The number of carbonyl (C=O) groups excluding carboxylic acids is 1. The lowest BCUT2D eigenvalue weighted by atomic mass is 9.98.